The summed E-state index contributed by atoms with van der Waals surface area (Å²) >= 11 is 0. The lowest BCUT2D eigenvalue weighted by atomic mass is 10.0. The van der Waals surface area contributed by atoms with Gasteiger partial charge in [0.2, 0.25) is 0 Å². The van der Waals surface area contributed by atoms with Gasteiger partial charge in [0.25, 0.3) is 0 Å². The summed E-state index contributed by atoms with van der Waals surface area (Å²) in [6.45, 7) is 1.54. The zero-order valence-electron chi connectivity index (χ0n) is 9.03. The summed E-state index contributed by atoms with van der Waals surface area (Å²) in [6, 6.07) is 2.47. The van der Waals surface area contributed by atoms with Crippen molar-refractivity contribution in [2.75, 3.05) is 7.11 Å². The standard InChI is InChI=1S/C11H13FO4/c1-6(13)3-7-4-8(11(14)15)10(16-2)9(12)5-7/h4-6,13H,3H2,1-2H3,(H,14,15). The number of carboxylic acid groups (broad SMARTS) is 1. The second-order valence-corrected chi connectivity index (χ2v) is 3.52. The molecule has 4 nitrogen and oxygen atoms in total. The van der Waals surface area contributed by atoms with Crippen LogP contribution in [0.5, 0.6) is 5.75 Å². The van der Waals surface area contributed by atoms with Crippen molar-refractivity contribution in [2.24, 2.45) is 0 Å². The number of halogens is 1. The van der Waals surface area contributed by atoms with Crippen LogP contribution in [-0.4, -0.2) is 29.4 Å². The van der Waals surface area contributed by atoms with Crippen molar-refractivity contribution in [1.29, 1.82) is 0 Å². The highest BCUT2D eigenvalue weighted by molar-refractivity contribution is 5.91. The predicted molar refractivity (Wildman–Crippen MR) is 55.3 cm³/mol. The van der Waals surface area contributed by atoms with E-state index in [9.17, 15) is 9.18 Å². The van der Waals surface area contributed by atoms with Crippen LogP contribution in [0.2, 0.25) is 0 Å². The van der Waals surface area contributed by atoms with Crippen molar-refractivity contribution in [2.45, 2.75) is 19.4 Å². The van der Waals surface area contributed by atoms with Gasteiger partial charge in [-0.05, 0) is 31.0 Å². The van der Waals surface area contributed by atoms with E-state index in [1.165, 1.54) is 13.2 Å². The molecule has 1 atom stereocenters. The Bertz CT molecular complexity index is 401. The van der Waals surface area contributed by atoms with Crippen molar-refractivity contribution >= 4 is 5.97 Å². The molecule has 0 saturated heterocycles. The lowest BCUT2D eigenvalue weighted by Gasteiger charge is -2.10. The van der Waals surface area contributed by atoms with Gasteiger partial charge in [-0.1, -0.05) is 0 Å². The fraction of sp³-hybridized carbons (Fsp3) is 0.364. The number of aliphatic hydroxyl groups excluding tert-OH is 1. The molecule has 0 bridgehead atoms. The number of rotatable bonds is 4. The second kappa shape index (κ2) is 4.94. The summed E-state index contributed by atoms with van der Waals surface area (Å²) in [4.78, 5) is 10.9. The van der Waals surface area contributed by atoms with E-state index in [0.717, 1.165) is 6.07 Å². The van der Waals surface area contributed by atoms with E-state index in [1.807, 2.05) is 0 Å². The number of methoxy groups -OCH3 is 1. The van der Waals surface area contributed by atoms with Gasteiger partial charge in [-0.15, -0.1) is 0 Å². The van der Waals surface area contributed by atoms with Crippen molar-refractivity contribution in [3.8, 4) is 5.75 Å². The molecule has 1 rings (SSSR count). The Morgan fingerprint density at radius 1 is 1.56 bits per heavy atom. The van der Waals surface area contributed by atoms with Crippen molar-refractivity contribution in [1.82, 2.24) is 0 Å². The first-order valence-corrected chi connectivity index (χ1v) is 4.73. The summed E-state index contributed by atoms with van der Waals surface area (Å²) in [5, 5.41) is 18.0. The molecule has 0 aliphatic rings. The average molecular weight is 228 g/mol. The molecule has 0 aromatic heterocycles. The fourth-order valence-corrected chi connectivity index (χ4v) is 1.47. The molecule has 1 unspecified atom stereocenters. The first kappa shape index (κ1) is 12.4. The third kappa shape index (κ3) is 2.70. The molecule has 5 heteroatoms. The van der Waals surface area contributed by atoms with Gasteiger partial charge in [-0.2, -0.15) is 0 Å². The minimum atomic E-state index is -1.26. The van der Waals surface area contributed by atoms with Gasteiger partial charge in [0.05, 0.1) is 13.2 Å². The largest absolute Gasteiger partial charge is 0.493 e. The Morgan fingerprint density at radius 3 is 2.62 bits per heavy atom. The van der Waals surface area contributed by atoms with E-state index in [0.29, 0.717) is 5.56 Å². The molecule has 0 spiro atoms. The molecule has 88 valence electrons. The molecule has 1 aromatic rings. The zero-order valence-corrected chi connectivity index (χ0v) is 9.03. The Hall–Kier alpha value is -1.62. The van der Waals surface area contributed by atoms with Crippen LogP contribution in [0.4, 0.5) is 4.39 Å². The number of aromatic carboxylic acids is 1. The molecular formula is C11H13FO4. The van der Waals surface area contributed by atoms with Crippen LogP contribution >= 0.6 is 0 Å². The maximum Gasteiger partial charge on any atom is 0.339 e. The van der Waals surface area contributed by atoms with Gasteiger partial charge in [0.15, 0.2) is 11.6 Å². The van der Waals surface area contributed by atoms with E-state index in [-0.39, 0.29) is 17.7 Å². The number of aliphatic hydroxyl groups is 1. The van der Waals surface area contributed by atoms with Crippen LogP contribution in [0, 0.1) is 5.82 Å². The Labute approximate surface area is 92.3 Å². The van der Waals surface area contributed by atoms with Crippen molar-refractivity contribution in [3.63, 3.8) is 0 Å². The smallest absolute Gasteiger partial charge is 0.339 e. The predicted octanol–water partition coefficient (Wildman–Crippen LogP) is 1.46. The number of carbonyl (C=O) groups is 1. The van der Waals surface area contributed by atoms with Gasteiger partial charge in [-0.25, -0.2) is 9.18 Å². The number of hydrogen-bond acceptors (Lipinski definition) is 3. The van der Waals surface area contributed by atoms with Gasteiger partial charge in [-0.3, -0.25) is 0 Å². The number of benzene rings is 1. The molecule has 0 heterocycles. The lowest BCUT2D eigenvalue weighted by Crippen LogP contribution is -2.08. The summed E-state index contributed by atoms with van der Waals surface area (Å²) in [6.07, 6.45) is -0.462. The van der Waals surface area contributed by atoms with Crippen LogP contribution in [0.25, 0.3) is 0 Å². The average Bonchev–Trinajstić information content (AvgIpc) is 2.15. The molecule has 0 aliphatic heterocycles. The Kier molecular flexibility index (Phi) is 3.84. The molecule has 16 heavy (non-hydrogen) atoms. The van der Waals surface area contributed by atoms with Gasteiger partial charge in [0, 0.05) is 0 Å². The first-order valence-electron chi connectivity index (χ1n) is 4.73. The van der Waals surface area contributed by atoms with Gasteiger partial charge < -0.3 is 14.9 Å². The molecule has 0 radical (unpaired) electrons. The van der Waals surface area contributed by atoms with Crippen molar-refractivity contribution in [3.05, 3.63) is 29.1 Å². The summed E-state index contributed by atoms with van der Waals surface area (Å²) < 4.78 is 18.1. The third-order valence-electron chi connectivity index (χ3n) is 2.07. The third-order valence-corrected chi connectivity index (χ3v) is 2.07. The summed E-state index contributed by atoms with van der Waals surface area (Å²) in [5.74, 6) is -2.29. The highest BCUT2D eigenvalue weighted by atomic mass is 19.1. The minimum absolute atomic E-state index is 0.196. The van der Waals surface area contributed by atoms with Crippen LogP contribution < -0.4 is 4.74 Å². The molecule has 0 amide bonds. The van der Waals surface area contributed by atoms with E-state index in [1.54, 1.807) is 6.92 Å². The second-order valence-electron chi connectivity index (χ2n) is 3.52. The van der Waals surface area contributed by atoms with Gasteiger partial charge >= 0.3 is 5.97 Å². The van der Waals surface area contributed by atoms with Crippen LogP contribution in [0.1, 0.15) is 22.8 Å². The maximum atomic E-state index is 13.5. The zero-order chi connectivity index (χ0) is 12.3. The molecule has 0 aliphatic carbocycles. The van der Waals surface area contributed by atoms with Gasteiger partial charge in [0.1, 0.15) is 5.56 Å². The van der Waals surface area contributed by atoms with Crippen LogP contribution in [0.15, 0.2) is 12.1 Å². The number of carboxylic acids is 1. The summed E-state index contributed by atoms with van der Waals surface area (Å²) in [5.41, 5.74) is 0.184. The fourth-order valence-electron chi connectivity index (χ4n) is 1.47. The highest BCUT2D eigenvalue weighted by Gasteiger charge is 2.17. The highest BCUT2D eigenvalue weighted by Crippen LogP contribution is 2.25. The first-order chi connectivity index (χ1) is 7.45. The van der Waals surface area contributed by atoms with Crippen LogP contribution in [-0.2, 0) is 6.42 Å². The monoisotopic (exact) mass is 228 g/mol. The Morgan fingerprint density at radius 2 is 2.19 bits per heavy atom. The molecule has 1 aromatic carbocycles. The maximum absolute atomic E-state index is 13.5. The normalized spacial score (nSPS) is 12.2. The molecule has 0 fully saturated rings. The topological polar surface area (TPSA) is 66.8 Å². The summed E-state index contributed by atoms with van der Waals surface area (Å²) in [7, 11) is 1.21. The molecule has 0 saturated carbocycles. The minimum Gasteiger partial charge on any atom is -0.493 e. The SMILES string of the molecule is COc1c(F)cc(CC(C)O)cc1C(=O)O. The van der Waals surface area contributed by atoms with Crippen LogP contribution in [0.3, 0.4) is 0 Å². The quantitative estimate of drug-likeness (QED) is 0.818. The Balaban J connectivity index is 3.22. The lowest BCUT2D eigenvalue weighted by molar-refractivity contribution is 0.0692. The number of hydrogen-bond donors (Lipinski definition) is 2. The van der Waals surface area contributed by atoms with E-state index >= 15 is 0 Å². The van der Waals surface area contributed by atoms with E-state index in [2.05, 4.69) is 4.74 Å². The van der Waals surface area contributed by atoms with E-state index < -0.39 is 17.9 Å². The number of ether oxygens (including phenoxy) is 1. The van der Waals surface area contributed by atoms with E-state index in [4.69, 9.17) is 10.2 Å². The van der Waals surface area contributed by atoms with Crippen molar-refractivity contribution < 1.29 is 24.1 Å². The molecular weight excluding hydrogens is 215 g/mol. The molecule has 2 N–H and O–H groups in total.